The molecule has 1 heterocycles. The number of nitrogens with zero attached hydrogens (tertiary/aromatic N) is 3. The highest BCUT2D eigenvalue weighted by Crippen LogP contribution is 2.24. The van der Waals surface area contributed by atoms with E-state index in [1.165, 1.54) is 11.8 Å². The first kappa shape index (κ1) is 12.4. The summed E-state index contributed by atoms with van der Waals surface area (Å²) in [4.78, 5) is 0. The second-order valence-electron chi connectivity index (χ2n) is 2.92. The number of nitrogens with two attached hydrogens (primary N) is 2. The second-order valence-corrected chi connectivity index (χ2v) is 4.71. The van der Waals surface area contributed by atoms with E-state index in [1.54, 1.807) is 0 Å². The van der Waals surface area contributed by atoms with Crippen molar-refractivity contribution in [1.29, 1.82) is 0 Å². The summed E-state index contributed by atoms with van der Waals surface area (Å²) >= 11 is 4.90. The van der Waals surface area contributed by atoms with Crippen molar-refractivity contribution in [3.05, 3.63) is 15.9 Å². The van der Waals surface area contributed by atoms with Crippen molar-refractivity contribution < 1.29 is 0 Å². The number of rotatable bonds is 3. The number of thioether (sulfide) groups is 1. The molecule has 5 nitrogen and oxygen atoms in total. The molecule has 4 N–H and O–H groups in total. The fourth-order valence-electron chi connectivity index (χ4n) is 1.19. The molecule has 15 heavy (non-hydrogen) atoms. The third kappa shape index (κ3) is 2.88. The molecule has 84 valence electrons. The molecule has 0 saturated heterocycles. The van der Waals surface area contributed by atoms with Crippen molar-refractivity contribution >= 4 is 32.9 Å². The number of hydrogen-bond acceptors (Lipinski definition) is 4. The summed E-state index contributed by atoms with van der Waals surface area (Å²) in [7, 11) is 0. The highest BCUT2D eigenvalue weighted by atomic mass is 79.9. The van der Waals surface area contributed by atoms with Gasteiger partial charge in [0.1, 0.15) is 0 Å². The van der Waals surface area contributed by atoms with E-state index in [0.29, 0.717) is 10.9 Å². The van der Waals surface area contributed by atoms with Gasteiger partial charge in [-0.1, -0.05) is 11.8 Å². The molecule has 0 radical (unpaired) electrons. The molecule has 0 aliphatic rings. The molecule has 0 atom stereocenters. The van der Waals surface area contributed by atoms with Gasteiger partial charge in [-0.25, -0.2) is 0 Å². The summed E-state index contributed by atoms with van der Waals surface area (Å²) in [5.41, 5.74) is 7.60. The van der Waals surface area contributed by atoms with Gasteiger partial charge in [-0.3, -0.25) is 4.68 Å². The average Bonchev–Trinajstić information content (AvgIpc) is 2.52. The maximum absolute atomic E-state index is 5.51. The maximum atomic E-state index is 5.51. The van der Waals surface area contributed by atoms with Crippen LogP contribution in [0, 0.1) is 6.92 Å². The van der Waals surface area contributed by atoms with Crippen LogP contribution >= 0.6 is 27.7 Å². The molecule has 0 aromatic carbocycles. The van der Waals surface area contributed by atoms with Crippen LogP contribution in [0.1, 0.15) is 18.3 Å². The number of hydrazone groups is 1. The Kier molecular flexibility index (Phi) is 4.46. The second kappa shape index (κ2) is 5.41. The molecule has 0 unspecified atom stereocenters. The highest BCUT2D eigenvalue weighted by Gasteiger charge is 2.12. The van der Waals surface area contributed by atoms with E-state index in [9.17, 15) is 0 Å². The molecule has 0 amide bonds. The fraction of sp³-hybridized carbons (Fsp3) is 0.500. The Labute approximate surface area is 101 Å². The molecule has 1 aromatic rings. The SMILES string of the molecule is CCn1nc(C)c(Br)c1CSC(N)=NN. The zero-order valence-electron chi connectivity index (χ0n) is 8.70. The van der Waals surface area contributed by atoms with Gasteiger partial charge in [0.15, 0.2) is 5.17 Å². The van der Waals surface area contributed by atoms with Crippen LogP contribution in [0.15, 0.2) is 9.57 Å². The molecule has 0 bridgehead atoms. The van der Waals surface area contributed by atoms with Gasteiger partial charge in [-0.2, -0.15) is 10.2 Å². The summed E-state index contributed by atoms with van der Waals surface area (Å²) in [5.74, 6) is 5.77. The normalized spacial score (nSPS) is 12.1. The molecule has 1 aromatic heterocycles. The Morgan fingerprint density at radius 2 is 2.33 bits per heavy atom. The lowest BCUT2D eigenvalue weighted by molar-refractivity contribution is 0.631. The molecule has 7 heteroatoms. The molecular weight excluding hydrogens is 278 g/mol. The predicted octanol–water partition coefficient (Wildman–Crippen LogP) is 1.40. The molecule has 0 aliphatic carbocycles. The Hall–Kier alpha value is -0.690. The molecule has 0 spiro atoms. The van der Waals surface area contributed by atoms with Crippen molar-refractivity contribution in [3.8, 4) is 0 Å². The van der Waals surface area contributed by atoms with Crippen LogP contribution < -0.4 is 11.6 Å². The molecular formula is C8H14BrN5S. The summed E-state index contributed by atoms with van der Waals surface area (Å²) < 4.78 is 2.97. The fourth-order valence-corrected chi connectivity index (χ4v) is 2.45. The van der Waals surface area contributed by atoms with E-state index in [2.05, 4.69) is 26.1 Å². The van der Waals surface area contributed by atoms with Crippen LogP contribution in [-0.4, -0.2) is 14.9 Å². The minimum atomic E-state index is 0.378. The summed E-state index contributed by atoms with van der Waals surface area (Å²) in [6, 6.07) is 0. The quantitative estimate of drug-likeness (QED) is 0.382. The molecule has 1 rings (SSSR count). The van der Waals surface area contributed by atoms with Crippen LogP contribution in [0.25, 0.3) is 0 Å². The van der Waals surface area contributed by atoms with Gasteiger partial charge in [0.05, 0.1) is 15.9 Å². The topological polar surface area (TPSA) is 82.2 Å². The van der Waals surface area contributed by atoms with Gasteiger partial charge in [-0.05, 0) is 29.8 Å². The Morgan fingerprint density at radius 1 is 1.67 bits per heavy atom. The Balaban J connectivity index is 2.83. The molecule has 0 fully saturated rings. The Bertz CT molecular complexity index is 373. The molecule has 0 saturated carbocycles. The lowest BCUT2D eigenvalue weighted by Crippen LogP contribution is -2.10. The van der Waals surface area contributed by atoms with Crippen LogP contribution in [-0.2, 0) is 12.3 Å². The van der Waals surface area contributed by atoms with Crippen LogP contribution in [0.2, 0.25) is 0 Å². The third-order valence-corrected chi connectivity index (χ3v) is 3.79. The van der Waals surface area contributed by atoms with Gasteiger partial charge in [0.25, 0.3) is 0 Å². The predicted molar refractivity (Wildman–Crippen MR) is 67.4 cm³/mol. The number of aryl methyl sites for hydroxylation is 2. The minimum absolute atomic E-state index is 0.378. The van der Waals surface area contributed by atoms with E-state index in [-0.39, 0.29) is 0 Å². The van der Waals surface area contributed by atoms with Crippen molar-refractivity contribution in [3.63, 3.8) is 0 Å². The monoisotopic (exact) mass is 291 g/mol. The van der Waals surface area contributed by atoms with Crippen LogP contribution in [0.5, 0.6) is 0 Å². The lowest BCUT2D eigenvalue weighted by Gasteiger charge is -2.04. The van der Waals surface area contributed by atoms with E-state index >= 15 is 0 Å². The van der Waals surface area contributed by atoms with E-state index in [4.69, 9.17) is 11.6 Å². The zero-order valence-corrected chi connectivity index (χ0v) is 11.1. The number of hydrogen-bond donors (Lipinski definition) is 2. The van der Waals surface area contributed by atoms with Gasteiger partial charge >= 0.3 is 0 Å². The van der Waals surface area contributed by atoms with E-state index < -0.39 is 0 Å². The smallest absolute Gasteiger partial charge is 0.177 e. The maximum Gasteiger partial charge on any atom is 0.177 e. The third-order valence-electron chi connectivity index (χ3n) is 1.94. The summed E-state index contributed by atoms with van der Waals surface area (Å²) in [6.07, 6.45) is 0. The van der Waals surface area contributed by atoms with Gasteiger partial charge in [0.2, 0.25) is 0 Å². The van der Waals surface area contributed by atoms with Crippen molar-refractivity contribution in [2.75, 3.05) is 0 Å². The van der Waals surface area contributed by atoms with E-state index in [1.807, 2.05) is 18.5 Å². The first-order valence-electron chi connectivity index (χ1n) is 4.48. The Morgan fingerprint density at radius 3 is 2.87 bits per heavy atom. The van der Waals surface area contributed by atoms with Gasteiger partial charge < -0.3 is 11.6 Å². The number of aromatic nitrogens is 2. The van der Waals surface area contributed by atoms with Crippen molar-refractivity contribution in [2.24, 2.45) is 16.7 Å². The summed E-state index contributed by atoms with van der Waals surface area (Å²) in [5, 5.41) is 8.16. The molecule has 0 aliphatic heterocycles. The van der Waals surface area contributed by atoms with Gasteiger partial charge in [-0.15, -0.1) is 0 Å². The first-order valence-corrected chi connectivity index (χ1v) is 6.25. The van der Waals surface area contributed by atoms with Crippen LogP contribution in [0.4, 0.5) is 0 Å². The largest absolute Gasteiger partial charge is 0.377 e. The number of halogens is 1. The van der Waals surface area contributed by atoms with Gasteiger partial charge in [0, 0.05) is 12.3 Å². The standard InChI is InChI=1S/C8H14BrN5S/c1-3-14-6(4-15-8(10)12-11)7(9)5(2)13-14/h3-4,11H2,1-2H3,(H2,10,12). The van der Waals surface area contributed by atoms with Crippen LogP contribution in [0.3, 0.4) is 0 Å². The minimum Gasteiger partial charge on any atom is -0.377 e. The lowest BCUT2D eigenvalue weighted by atomic mass is 10.4. The highest BCUT2D eigenvalue weighted by molar-refractivity contribution is 9.10. The van der Waals surface area contributed by atoms with Crippen molar-refractivity contribution in [2.45, 2.75) is 26.1 Å². The zero-order chi connectivity index (χ0) is 11.4. The summed E-state index contributed by atoms with van der Waals surface area (Å²) in [6.45, 7) is 4.85. The number of amidine groups is 1. The van der Waals surface area contributed by atoms with E-state index in [0.717, 1.165) is 22.4 Å². The van der Waals surface area contributed by atoms with Crippen molar-refractivity contribution in [1.82, 2.24) is 9.78 Å². The average molecular weight is 292 g/mol. The first-order chi connectivity index (χ1) is 7.10.